The Hall–Kier alpha value is 2.64. The van der Waals surface area contributed by atoms with E-state index in [1.54, 1.807) is 0 Å². The molecule has 0 aliphatic carbocycles. The molecule has 0 spiro atoms. The van der Waals surface area contributed by atoms with Gasteiger partial charge in [0.25, 0.3) is 0 Å². The van der Waals surface area contributed by atoms with E-state index in [2.05, 4.69) is 0 Å². The second-order valence-electron chi connectivity index (χ2n) is 0. The molecule has 0 aliphatic heterocycles. The van der Waals surface area contributed by atoms with Crippen LogP contribution in [0.1, 0.15) is 0 Å². The summed E-state index contributed by atoms with van der Waals surface area (Å²) in [5.41, 5.74) is 0. The quantitative estimate of drug-likeness (QED) is 0.433. The van der Waals surface area contributed by atoms with E-state index < -0.39 is 0 Å². The van der Waals surface area contributed by atoms with Crippen molar-refractivity contribution in [2.75, 3.05) is 0 Å². The van der Waals surface area contributed by atoms with Crippen LogP contribution >= 0.6 is 36.4 Å². The van der Waals surface area contributed by atoms with Crippen molar-refractivity contribution in [2.45, 2.75) is 0 Å². The molecule has 0 fully saturated rings. The molecule has 0 amide bonds. The monoisotopic (exact) mass is 252 g/mol. The number of halogens is 2. The van der Waals surface area contributed by atoms with Gasteiger partial charge in [0.1, 0.15) is 0 Å². The van der Waals surface area contributed by atoms with Crippen molar-refractivity contribution in [3.05, 3.63) is 0 Å². The summed E-state index contributed by atoms with van der Waals surface area (Å²) in [7, 11) is 0. The Bertz CT molecular complexity index is 8.00. The first-order chi connectivity index (χ1) is 0. The molecule has 0 unspecified atom stereocenters. The Morgan fingerprint density at radius 2 is 1.00 bits per heavy atom. The Morgan fingerprint density at radius 3 is 1.00 bits per heavy atom. The van der Waals surface area contributed by atoms with E-state index in [4.69, 9.17) is 0 Å². The first kappa shape index (κ1) is 30.3. The minimum absolute atomic E-state index is 0. The minimum Gasteiger partial charge on any atom is 0 e. The summed E-state index contributed by atoms with van der Waals surface area (Å²) in [4.78, 5) is 0. The predicted molar refractivity (Wildman–Crippen MR) is 29.8 cm³/mol. The van der Waals surface area contributed by atoms with E-state index >= 15 is 0 Å². The first-order valence-corrected chi connectivity index (χ1v) is 0. The Balaban J connectivity index is 0. The molecule has 0 radical (unpaired) electrons. The molecule has 0 aliphatic rings. The van der Waals surface area contributed by atoms with Crippen LogP contribution in [0.5, 0.6) is 0 Å². The molecule has 0 N–H and O–H groups in total. The van der Waals surface area contributed by atoms with Gasteiger partial charge in [-0.05, 0) is 0 Å². The normalized spacial score (nSPS) is 0. The van der Waals surface area contributed by atoms with Crippen molar-refractivity contribution in [3.8, 4) is 0 Å². The maximum absolute atomic E-state index is 0. The Morgan fingerprint density at radius 1 is 1.00 bits per heavy atom. The van der Waals surface area contributed by atoms with Gasteiger partial charge < -0.3 is 0 Å². The molecule has 0 rings (SSSR count). The topological polar surface area (TPSA) is 0 Å². The SMILES string of the molecule is Cl.I.[NaH].[Zn]. The number of hydrogen-bond acceptors (Lipinski definition) is 0. The van der Waals surface area contributed by atoms with Crippen molar-refractivity contribution in [1.82, 2.24) is 0 Å². The average Bonchev–Trinajstić information content (AvgIpc) is 0. The second-order valence-corrected chi connectivity index (χ2v) is 0. The molecular weight excluding hydrogens is 251 g/mol. The van der Waals surface area contributed by atoms with Crippen LogP contribution < -0.4 is 0 Å². The maximum Gasteiger partial charge on any atom is 0 e. The third-order valence-electron chi connectivity index (χ3n) is 0. The molecule has 0 heterocycles. The summed E-state index contributed by atoms with van der Waals surface area (Å²) < 4.78 is 0. The maximum atomic E-state index is 0. The summed E-state index contributed by atoms with van der Waals surface area (Å²) in [6.45, 7) is 0. The van der Waals surface area contributed by atoms with E-state index in [9.17, 15) is 0 Å². The van der Waals surface area contributed by atoms with Gasteiger partial charge in [-0.3, -0.25) is 0 Å². The molecule has 0 aromatic heterocycles. The standard InChI is InChI=1S/ClH.HI.Na.Zn.H/h2*1H;;;. The largest absolute Gasteiger partial charge is 0 e. The molecule has 4 heavy (non-hydrogen) atoms. The van der Waals surface area contributed by atoms with Crippen LogP contribution in [0, 0.1) is 0 Å². The zero-order valence-corrected chi connectivity index (χ0v) is 7.64. The second kappa shape index (κ2) is 17.4. The van der Waals surface area contributed by atoms with Gasteiger partial charge in [0.05, 0.1) is 0 Å². The van der Waals surface area contributed by atoms with Crippen LogP contribution in [0.4, 0.5) is 0 Å². The van der Waals surface area contributed by atoms with Gasteiger partial charge in [-0.1, -0.05) is 0 Å². The molecule has 20 valence electrons. The summed E-state index contributed by atoms with van der Waals surface area (Å²) in [6.07, 6.45) is 0. The van der Waals surface area contributed by atoms with Crippen LogP contribution in [-0.2, 0) is 19.5 Å². The summed E-state index contributed by atoms with van der Waals surface area (Å²) >= 11 is 0. The zero-order chi connectivity index (χ0) is 0. The van der Waals surface area contributed by atoms with E-state index in [1.165, 1.54) is 0 Å². The van der Waals surface area contributed by atoms with Gasteiger partial charge in [-0.25, -0.2) is 0 Å². The minimum atomic E-state index is 0. The third-order valence-corrected chi connectivity index (χ3v) is 0. The van der Waals surface area contributed by atoms with Gasteiger partial charge >= 0.3 is 29.6 Å². The predicted octanol–water partition coefficient (Wildman–Crippen LogP) is 0.389. The number of rotatable bonds is 0. The van der Waals surface area contributed by atoms with Gasteiger partial charge in [-0.2, -0.15) is 0 Å². The summed E-state index contributed by atoms with van der Waals surface area (Å²) in [5.74, 6) is 0. The van der Waals surface area contributed by atoms with Crippen LogP contribution in [0.15, 0.2) is 0 Å². The van der Waals surface area contributed by atoms with Crippen LogP contribution in [-0.4, -0.2) is 29.6 Å². The molecule has 0 aromatic carbocycles. The molecule has 0 saturated heterocycles. The molecule has 4 heteroatoms. The van der Waals surface area contributed by atoms with Crippen molar-refractivity contribution in [1.29, 1.82) is 0 Å². The fourth-order valence-electron chi connectivity index (χ4n) is 0. The van der Waals surface area contributed by atoms with E-state index in [1.807, 2.05) is 0 Å². The van der Waals surface area contributed by atoms with Gasteiger partial charge in [0.15, 0.2) is 0 Å². The summed E-state index contributed by atoms with van der Waals surface area (Å²) in [5, 5.41) is 0. The van der Waals surface area contributed by atoms with E-state index in [0.717, 1.165) is 0 Å². The van der Waals surface area contributed by atoms with Crippen molar-refractivity contribution in [2.24, 2.45) is 0 Å². The van der Waals surface area contributed by atoms with Crippen molar-refractivity contribution >= 4 is 65.9 Å². The fourth-order valence-corrected chi connectivity index (χ4v) is 0. The average molecular weight is 254 g/mol. The fraction of sp³-hybridized carbons (Fsp3) is 0. The van der Waals surface area contributed by atoms with E-state index in [-0.39, 0.29) is 85.4 Å². The van der Waals surface area contributed by atoms with Crippen LogP contribution in [0.2, 0.25) is 0 Å². The molecular formula is H3ClINaZn. The van der Waals surface area contributed by atoms with Gasteiger partial charge in [-0.15, -0.1) is 36.4 Å². The molecule has 0 nitrogen and oxygen atoms in total. The molecule has 0 aromatic rings. The Kier molecular flexibility index (Phi) is 132. The molecule has 0 atom stereocenters. The molecule has 0 bridgehead atoms. The number of hydrogen-bond donors (Lipinski definition) is 0. The zero-order valence-electron chi connectivity index (χ0n) is 1.52. The van der Waals surface area contributed by atoms with Crippen molar-refractivity contribution < 1.29 is 19.5 Å². The molecule has 0 saturated carbocycles. The van der Waals surface area contributed by atoms with E-state index in [0.29, 0.717) is 0 Å². The van der Waals surface area contributed by atoms with Gasteiger partial charge in [0.2, 0.25) is 0 Å². The Labute approximate surface area is 84.0 Å². The van der Waals surface area contributed by atoms with Gasteiger partial charge in [0, 0.05) is 19.5 Å². The summed E-state index contributed by atoms with van der Waals surface area (Å²) in [6, 6.07) is 0. The third kappa shape index (κ3) is 8.82. The van der Waals surface area contributed by atoms with Crippen LogP contribution in [0.3, 0.4) is 0 Å². The smallest absolute Gasteiger partial charge is 0 e. The van der Waals surface area contributed by atoms with Crippen molar-refractivity contribution in [3.63, 3.8) is 0 Å². The van der Waals surface area contributed by atoms with Crippen LogP contribution in [0.25, 0.3) is 0 Å². The first-order valence-electron chi connectivity index (χ1n) is 0.